The van der Waals surface area contributed by atoms with E-state index in [0.29, 0.717) is 6.04 Å². The van der Waals surface area contributed by atoms with Gasteiger partial charge in [0.25, 0.3) is 0 Å². The third kappa shape index (κ3) is 2.67. The molecule has 1 aliphatic rings. The lowest BCUT2D eigenvalue weighted by Gasteiger charge is -2.12. The Balaban J connectivity index is 1.97. The van der Waals surface area contributed by atoms with Gasteiger partial charge < -0.3 is 10.4 Å². The molecule has 0 unspecified atom stereocenters. The van der Waals surface area contributed by atoms with Crippen molar-refractivity contribution in [3.05, 3.63) is 0 Å². The van der Waals surface area contributed by atoms with Crippen LogP contribution in [0.25, 0.3) is 0 Å². The van der Waals surface area contributed by atoms with Crippen molar-refractivity contribution in [1.82, 2.24) is 5.32 Å². The summed E-state index contributed by atoms with van der Waals surface area (Å²) in [5.41, 5.74) is 0. The Morgan fingerprint density at radius 3 is 2.70 bits per heavy atom. The molecule has 1 rings (SSSR count). The number of hydrogen-bond acceptors (Lipinski definition) is 2. The van der Waals surface area contributed by atoms with Crippen molar-refractivity contribution >= 4 is 0 Å². The van der Waals surface area contributed by atoms with Crippen LogP contribution in [0.2, 0.25) is 0 Å². The molecule has 0 spiro atoms. The van der Waals surface area contributed by atoms with Gasteiger partial charge in [0.15, 0.2) is 0 Å². The molecular formula is C8H17NO. The van der Waals surface area contributed by atoms with E-state index >= 15 is 0 Å². The first-order chi connectivity index (χ1) is 4.86. The molecule has 1 saturated carbocycles. The first-order valence-corrected chi connectivity index (χ1v) is 4.21. The van der Waals surface area contributed by atoms with Crippen molar-refractivity contribution in [2.24, 2.45) is 5.92 Å². The van der Waals surface area contributed by atoms with Gasteiger partial charge in [0.05, 0.1) is 6.61 Å². The Bertz CT molecular complexity index is 87.3. The molecule has 0 aromatic carbocycles. The molecule has 60 valence electrons. The van der Waals surface area contributed by atoms with Crippen LogP contribution in [0.15, 0.2) is 0 Å². The van der Waals surface area contributed by atoms with Gasteiger partial charge in [-0.15, -0.1) is 0 Å². The molecule has 0 saturated heterocycles. The van der Waals surface area contributed by atoms with Crippen LogP contribution < -0.4 is 5.32 Å². The first kappa shape index (κ1) is 8.02. The SMILES string of the molecule is CC[C@H](CO)NCC1CC1. The minimum Gasteiger partial charge on any atom is -0.395 e. The molecule has 1 fully saturated rings. The van der Waals surface area contributed by atoms with E-state index in [1.807, 2.05) is 0 Å². The summed E-state index contributed by atoms with van der Waals surface area (Å²) in [5.74, 6) is 0.917. The summed E-state index contributed by atoms with van der Waals surface area (Å²) in [5, 5.41) is 12.1. The quantitative estimate of drug-likeness (QED) is 0.595. The van der Waals surface area contributed by atoms with Gasteiger partial charge >= 0.3 is 0 Å². The van der Waals surface area contributed by atoms with E-state index in [1.165, 1.54) is 12.8 Å². The molecule has 0 amide bonds. The summed E-state index contributed by atoms with van der Waals surface area (Å²) in [7, 11) is 0. The summed E-state index contributed by atoms with van der Waals surface area (Å²) in [4.78, 5) is 0. The molecular weight excluding hydrogens is 126 g/mol. The molecule has 0 aliphatic heterocycles. The first-order valence-electron chi connectivity index (χ1n) is 4.21. The highest BCUT2D eigenvalue weighted by Crippen LogP contribution is 2.27. The zero-order valence-corrected chi connectivity index (χ0v) is 6.64. The molecule has 2 nitrogen and oxygen atoms in total. The van der Waals surface area contributed by atoms with Crippen LogP contribution in [0.1, 0.15) is 26.2 Å². The smallest absolute Gasteiger partial charge is 0.0584 e. The van der Waals surface area contributed by atoms with Crippen LogP contribution in [-0.2, 0) is 0 Å². The summed E-state index contributed by atoms with van der Waals surface area (Å²) in [6.45, 7) is 3.49. The number of hydrogen-bond donors (Lipinski definition) is 2. The molecule has 2 heteroatoms. The zero-order chi connectivity index (χ0) is 7.40. The van der Waals surface area contributed by atoms with Gasteiger partial charge in [0.1, 0.15) is 0 Å². The van der Waals surface area contributed by atoms with Crippen molar-refractivity contribution in [2.45, 2.75) is 32.2 Å². The van der Waals surface area contributed by atoms with Gasteiger partial charge in [-0.05, 0) is 31.7 Å². The monoisotopic (exact) mass is 143 g/mol. The Hall–Kier alpha value is -0.0800. The van der Waals surface area contributed by atoms with Crippen LogP contribution in [0, 0.1) is 5.92 Å². The largest absolute Gasteiger partial charge is 0.395 e. The highest BCUT2D eigenvalue weighted by atomic mass is 16.3. The van der Waals surface area contributed by atoms with Crippen LogP contribution in [-0.4, -0.2) is 24.3 Å². The Morgan fingerprint density at radius 2 is 2.30 bits per heavy atom. The van der Waals surface area contributed by atoms with E-state index in [4.69, 9.17) is 5.11 Å². The van der Waals surface area contributed by atoms with Gasteiger partial charge in [0, 0.05) is 6.04 Å². The Kier molecular flexibility index (Phi) is 3.16. The second kappa shape index (κ2) is 3.94. The van der Waals surface area contributed by atoms with Gasteiger partial charge in [0.2, 0.25) is 0 Å². The van der Waals surface area contributed by atoms with Gasteiger partial charge in [-0.2, -0.15) is 0 Å². The summed E-state index contributed by atoms with van der Waals surface area (Å²) < 4.78 is 0. The number of nitrogens with one attached hydrogen (secondary N) is 1. The highest BCUT2D eigenvalue weighted by Gasteiger charge is 2.21. The highest BCUT2D eigenvalue weighted by molar-refractivity contribution is 4.77. The summed E-state index contributed by atoms with van der Waals surface area (Å²) in [6, 6.07) is 0.334. The van der Waals surface area contributed by atoms with Crippen molar-refractivity contribution in [3.63, 3.8) is 0 Å². The third-order valence-electron chi connectivity index (χ3n) is 2.11. The number of aliphatic hydroxyl groups is 1. The lowest BCUT2D eigenvalue weighted by atomic mass is 10.2. The maximum absolute atomic E-state index is 8.80. The normalized spacial score (nSPS) is 21.0. The fraction of sp³-hybridized carbons (Fsp3) is 1.00. The van der Waals surface area contributed by atoms with E-state index in [0.717, 1.165) is 18.9 Å². The fourth-order valence-corrected chi connectivity index (χ4v) is 0.993. The minimum absolute atomic E-state index is 0.281. The van der Waals surface area contributed by atoms with Crippen LogP contribution in [0.3, 0.4) is 0 Å². The second-order valence-electron chi connectivity index (χ2n) is 3.14. The molecule has 0 bridgehead atoms. The van der Waals surface area contributed by atoms with Crippen molar-refractivity contribution in [2.75, 3.05) is 13.2 Å². The maximum Gasteiger partial charge on any atom is 0.0584 e. The standard InChI is InChI=1S/C8H17NO/c1-2-8(6-10)9-5-7-3-4-7/h7-10H,2-6H2,1H3/t8-/m1/s1. The van der Waals surface area contributed by atoms with E-state index < -0.39 is 0 Å². The lowest BCUT2D eigenvalue weighted by Crippen LogP contribution is -2.33. The predicted octanol–water partition coefficient (Wildman–Crippen LogP) is 0.757. The predicted molar refractivity (Wildman–Crippen MR) is 41.9 cm³/mol. The van der Waals surface area contributed by atoms with Crippen molar-refractivity contribution < 1.29 is 5.11 Å². The molecule has 0 heterocycles. The minimum atomic E-state index is 0.281. The molecule has 10 heavy (non-hydrogen) atoms. The number of aliphatic hydroxyl groups excluding tert-OH is 1. The third-order valence-corrected chi connectivity index (χ3v) is 2.11. The average Bonchev–Trinajstić information content (AvgIpc) is 2.74. The molecule has 0 aromatic heterocycles. The van der Waals surface area contributed by atoms with Crippen LogP contribution >= 0.6 is 0 Å². The molecule has 2 N–H and O–H groups in total. The van der Waals surface area contributed by atoms with Crippen LogP contribution in [0.4, 0.5) is 0 Å². The second-order valence-corrected chi connectivity index (χ2v) is 3.14. The molecule has 1 atom stereocenters. The van der Waals surface area contributed by atoms with Gasteiger partial charge in [-0.25, -0.2) is 0 Å². The van der Waals surface area contributed by atoms with E-state index in [2.05, 4.69) is 12.2 Å². The summed E-state index contributed by atoms with van der Waals surface area (Å²) >= 11 is 0. The Labute approximate surface area is 62.6 Å². The fourth-order valence-electron chi connectivity index (χ4n) is 0.993. The molecule has 1 aliphatic carbocycles. The van der Waals surface area contributed by atoms with Gasteiger partial charge in [-0.3, -0.25) is 0 Å². The average molecular weight is 143 g/mol. The van der Waals surface area contributed by atoms with Crippen molar-refractivity contribution in [1.29, 1.82) is 0 Å². The lowest BCUT2D eigenvalue weighted by molar-refractivity contribution is 0.238. The van der Waals surface area contributed by atoms with Crippen LogP contribution in [0.5, 0.6) is 0 Å². The topological polar surface area (TPSA) is 32.3 Å². The maximum atomic E-state index is 8.80. The zero-order valence-electron chi connectivity index (χ0n) is 6.64. The number of rotatable bonds is 5. The Morgan fingerprint density at radius 1 is 1.60 bits per heavy atom. The molecule has 0 radical (unpaired) electrons. The van der Waals surface area contributed by atoms with Crippen molar-refractivity contribution in [3.8, 4) is 0 Å². The summed E-state index contributed by atoms with van der Waals surface area (Å²) in [6.07, 6.45) is 3.80. The van der Waals surface area contributed by atoms with E-state index in [-0.39, 0.29) is 6.61 Å². The van der Waals surface area contributed by atoms with E-state index in [1.54, 1.807) is 0 Å². The van der Waals surface area contributed by atoms with Gasteiger partial charge in [-0.1, -0.05) is 6.92 Å². The molecule has 0 aromatic rings. The van der Waals surface area contributed by atoms with E-state index in [9.17, 15) is 0 Å².